The lowest BCUT2D eigenvalue weighted by Crippen LogP contribution is -2.29. The molecule has 1 amide bonds. The molecule has 0 spiro atoms. The lowest BCUT2D eigenvalue weighted by atomic mass is 9.97. The summed E-state index contributed by atoms with van der Waals surface area (Å²) in [5.41, 5.74) is 8.67. The fourth-order valence-electron chi connectivity index (χ4n) is 3.92. The molecule has 150 valence electrons. The molecule has 30 heavy (non-hydrogen) atoms. The Morgan fingerprint density at radius 1 is 1.13 bits per heavy atom. The van der Waals surface area contributed by atoms with Crippen LogP contribution in [0.5, 0.6) is 0 Å². The monoisotopic (exact) mass is 398 g/mol. The number of anilines is 1. The Labute approximate surface area is 174 Å². The minimum absolute atomic E-state index is 0.314. The van der Waals surface area contributed by atoms with Gasteiger partial charge in [0.2, 0.25) is 5.91 Å². The third kappa shape index (κ3) is 2.99. The van der Waals surface area contributed by atoms with Gasteiger partial charge in [0.05, 0.1) is 23.3 Å². The minimum atomic E-state index is -0.638. The van der Waals surface area contributed by atoms with E-state index in [-0.39, 0.29) is 5.91 Å². The van der Waals surface area contributed by atoms with Crippen molar-refractivity contribution in [2.45, 2.75) is 24.8 Å². The quantitative estimate of drug-likeness (QED) is 0.520. The van der Waals surface area contributed by atoms with Gasteiger partial charge in [-0.05, 0) is 35.9 Å². The van der Waals surface area contributed by atoms with Crippen LogP contribution in [0.2, 0.25) is 0 Å². The van der Waals surface area contributed by atoms with Crippen molar-refractivity contribution in [2.24, 2.45) is 5.73 Å². The summed E-state index contributed by atoms with van der Waals surface area (Å²) in [5.74, 6) is 0.423. The second kappa shape index (κ2) is 6.95. The first-order chi connectivity index (χ1) is 14.6. The molecule has 3 heterocycles. The van der Waals surface area contributed by atoms with Gasteiger partial charge in [0.1, 0.15) is 5.82 Å². The summed E-state index contributed by atoms with van der Waals surface area (Å²) in [6.45, 7) is 0.693. The van der Waals surface area contributed by atoms with Gasteiger partial charge in [-0.25, -0.2) is 4.98 Å². The number of pyridine rings is 2. The molecule has 0 bridgehead atoms. The van der Waals surface area contributed by atoms with Crippen molar-refractivity contribution in [1.29, 1.82) is 0 Å². The van der Waals surface area contributed by atoms with Crippen LogP contribution < -0.4 is 11.1 Å². The normalized spacial score (nSPS) is 14.6. The highest BCUT2D eigenvalue weighted by Crippen LogP contribution is 2.48. The number of rotatable bonds is 6. The molecule has 1 aliphatic carbocycles. The van der Waals surface area contributed by atoms with Crippen LogP contribution in [0.3, 0.4) is 0 Å². The Kier molecular flexibility index (Phi) is 4.24. The first kappa shape index (κ1) is 18.3. The number of amides is 1. The summed E-state index contributed by atoms with van der Waals surface area (Å²) >= 11 is 0. The maximum Gasteiger partial charge on any atom is 0.229 e. The number of nitrogens with zero attached hydrogens (tertiary/aromatic N) is 4. The molecule has 0 unspecified atom stereocenters. The van der Waals surface area contributed by atoms with E-state index in [9.17, 15) is 4.79 Å². The smallest absolute Gasteiger partial charge is 0.229 e. The third-order valence-electron chi connectivity index (χ3n) is 5.82. The highest BCUT2D eigenvalue weighted by molar-refractivity contribution is 6.01. The number of nitrogens with two attached hydrogens (primary N) is 1. The molecule has 1 saturated carbocycles. The van der Waals surface area contributed by atoms with Gasteiger partial charge in [0, 0.05) is 36.6 Å². The molecule has 7 nitrogen and oxygen atoms in total. The van der Waals surface area contributed by atoms with Crippen molar-refractivity contribution in [1.82, 2.24) is 19.7 Å². The lowest BCUT2D eigenvalue weighted by Gasteiger charge is -2.14. The molecule has 0 aliphatic heterocycles. The molecule has 0 atom stereocenters. The summed E-state index contributed by atoms with van der Waals surface area (Å²) in [7, 11) is 1.83. The number of fused-ring (bicyclic) bond motifs is 1. The van der Waals surface area contributed by atoms with E-state index in [4.69, 9.17) is 10.8 Å². The molecule has 0 saturated heterocycles. The number of hydrogen-bond donors (Lipinski definition) is 2. The summed E-state index contributed by atoms with van der Waals surface area (Å²) in [4.78, 5) is 21.1. The molecule has 3 N–H and O–H groups in total. The number of nitrogens with one attached hydrogen (secondary N) is 1. The maximum atomic E-state index is 12.0. The lowest BCUT2D eigenvalue weighted by molar-refractivity contribution is -0.120. The van der Waals surface area contributed by atoms with Gasteiger partial charge in [0.25, 0.3) is 0 Å². The van der Waals surface area contributed by atoms with Gasteiger partial charge in [-0.3, -0.25) is 14.5 Å². The van der Waals surface area contributed by atoms with E-state index in [1.165, 1.54) is 5.56 Å². The first-order valence-electron chi connectivity index (χ1n) is 9.95. The van der Waals surface area contributed by atoms with Crippen molar-refractivity contribution in [3.8, 4) is 11.3 Å². The number of carbonyl (C=O) groups is 1. The standard InChI is InChI=1S/C23H22N6O/c1-25-21-18-13-26-20(23(8-9-23)22(24)30)11-16(18)17(12-27-21)19-7-10-29(28-19)14-15-5-3-2-4-6-15/h2-7,10-13H,8-9,14H2,1H3,(H2,24,30)(H,25,27). The minimum Gasteiger partial charge on any atom is -0.373 e. The van der Waals surface area contributed by atoms with Crippen molar-refractivity contribution < 1.29 is 4.79 Å². The summed E-state index contributed by atoms with van der Waals surface area (Å²) in [6.07, 6.45) is 7.04. The second-order valence-corrected chi connectivity index (χ2v) is 7.72. The van der Waals surface area contributed by atoms with Gasteiger partial charge in [-0.1, -0.05) is 30.3 Å². The Morgan fingerprint density at radius 3 is 2.63 bits per heavy atom. The van der Waals surface area contributed by atoms with Crippen LogP contribution in [0.15, 0.2) is 61.1 Å². The van der Waals surface area contributed by atoms with E-state index in [1.807, 2.05) is 54.5 Å². The summed E-state index contributed by atoms with van der Waals surface area (Å²) in [6, 6.07) is 14.2. The zero-order chi connectivity index (χ0) is 20.7. The van der Waals surface area contributed by atoms with E-state index in [1.54, 1.807) is 6.20 Å². The van der Waals surface area contributed by atoms with Crippen molar-refractivity contribution in [2.75, 3.05) is 12.4 Å². The SMILES string of the molecule is CNc1ncc(-c2ccn(Cc3ccccc3)n2)c2cc(C3(C(N)=O)CC3)ncc12. The number of carbonyl (C=O) groups excluding carboxylic acids is 1. The zero-order valence-electron chi connectivity index (χ0n) is 16.7. The maximum absolute atomic E-state index is 12.0. The molecule has 4 aromatic rings. The fourth-order valence-corrected chi connectivity index (χ4v) is 3.92. The van der Waals surface area contributed by atoms with Crippen LogP contribution in [0.25, 0.3) is 22.0 Å². The average Bonchev–Trinajstić information content (AvgIpc) is 3.47. The molecule has 1 fully saturated rings. The Balaban J connectivity index is 1.60. The molecule has 1 aliphatic rings. The predicted octanol–water partition coefficient (Wildman–Crippen LogP) is 3.10. The van der Waals surface area contributed by atoms with Gasteiger partial charge in [-0.2, -0.15) is 5.10 Å². The van der Waals surface area contributed by atoms with E-state index in [0.29, 0.717) is 6.54 Å². The number of benzene rings is 1. The molecule has 5 rings (SSSR count). The first-order valence-corrected chi connectivity index (χ1v) is 9.95. The van der Waals surface area contributed by atoms with Gasteiger partial charge >= 0.3 is 0 Å². The topological polar surface area (TPSA) is 98.7 Å². The largest absolute Gasteiger partial charge is 0.373 e. The van der Waals surface area contributed by atoms with E-state index in [2.05, 4.69) is 27.4 Å². The van der Waals surface area contributed by atoms with Crippen LogP contribution in [-0.2, 0) is 16.8 Å². The second-order valence-electron chi connectivity index (χ2n) is 7.72. The highest BCUT2D eigenvalue weighted by Gasteiger charge is 2.51. The molecule has 3 aromatic heterocycles. The zero-order valence-corrected chi connectivity index (χ0v) is 16.7. The van der Waals surface area contributed by atoms with Crippen molar-refractivity contribution in [3.05, 3.63) is 72.3 Å². The van der Waals surface area contributed by atoms with E-state index < -0.39 is 5.41 Å². The third-order valence-corrected chi connectivity index (χ3v) is 5.82. The van der Waals surface area contributed by atoms with Crippen molar-refractivity contribution in [3.63, 3.8) is 0 Å². The molecular formula is C23H22N6O. The van der Waals surface area contributed by atoms with E-state index in [0.717, 1.165) is 46.4 Å². The predicted molar refractivity (Wildman–Crippen MR) is 116 cm³/mol. The van der Waals surface area contributed by atoms with Crippen LogP contribution in [0.1, 0.15) is 24.1 Å². The molecular weight excluding hydrogens is 376 g/mol. The van der Waals surface area contributed by atoms with Crippen molar-refractivity contribution >= 4 is 22.5 Å². The van der Waals surface area contributed by atoms with Crippen LogP contribution in [0.4, 0.5) is 5.82 Å². The molecule has 0 radical (unpaired) electrons. The summed E-state index contributed by atoms with van der Waals surface area (Å²) < 4.78 is 1.91. The molecule has 7 heteroatoms. The highest BCUT2D eigenvalue weighted by atomic mass is 16.1. The van der Waals surface area contributed by atoms with Gasteiger partial charge in [-0.15, -0.1) is 0 Å². The van der Waals surface area contributed by atoms with E-state index >= 15 is 0 Å². The van der Waals surface area contributed by atoms with Gasteiger partial charge < -0.3 is 11.1 Å². The molecule has 1 aromatic carbocycles. The van der Waals surface area contributed by atoms with Crippen LogP contribution >= 0.6 is 0 Å². The van der Waals surface area contributed by atoms with Crippen LogP contribution in [0, 0.1) is 0 Å². The average molecular weight is 398 g/mol. The number of primary amides is 1. The fraction of sp³-hybridized carbons (Fsp3) is 0.217. The van der Waals surface area contributed by atoms with Crippen LogP contribution in [-0.4, -0.2) is 32.7 Å². The Bertz CT molecular complexity index is 1240. The number of hydrogen-bond acceptors (Lipinski definition) is 5. The summed E-state index contributed by atoms with van der Waals surface area (Å²) in [5, 5.41) is 9.72. The Morgan fingerprint density at radius 2 is 1.93 bits per heavy atom. The number of aromatic nitrogens is 4. The Hall–Kier alpha value is -3.74. The van der Waals surface area contributed by atoms with Gasteiger partial charge in [0.15, 0.2) is 0 Å².